The summed E-state index contributed by atoms with van der Waals surface area (Å²) >= 11 is 0. The first-order valence-corrected chi connectivity index (χ1v) is 6.40. The summed E-state index contributed by atoms with van der Waals surface area (Å²) in [5.74, 6) is -0.148. The second-order valence-electron chi connectivity index (χ2n) is 4.76. The van der Waals surface area contributed by atoms with Gasteiger partial charge in [0.1, 0.15) is 5.75 Å². The Morgan fingerprint density at radius 2 is 2.05 bits per heavy atom. The van der Waals surface area contributed by atoms with Gasteiger partial charge in [0.25, 0.3) is 5.88 Å². The van der Waals surface area contributed by atoms with Gasteiger partial charge >= 0.3 is 5.70 Å². The van der Waals surface area contributed by atoms with Crippen LogP contribution in [0.3, 0.4) is 0 Å². The minimum atomic E-state index is -0.670. The highest BCUT2D eigenvalue weighted by Gasteiger charge is 2.39. The van der Waals surface area contributed by atoms with Gasteiger partial charge in [-0.15, -0.1) is 0 Å². The lowest BCUT2D eigenvalue weighted by atomic mass is 9.89. The normalized spacial score (nSPS) is 17.0. The third-order valence-corrected chi connectivity index (χ3v) is 3.34. The molecule has 1 atom stereocenters. The molecule has 1 aromatic rings. The molecular formula is C13H15N3O5. The molecule has 0 saturated carbocycles. The zero-order valence-electron chi connectivity index (χ0n) is 11.7. The molecule has 1 N–H and O–H groups in total. The Morgan fingerprint density at radius 1 is 1.33 bits per heavy atom. The average molecular weight is 293 g/mol. The van der Waals surface area contributed by atoms with Crippen LogP contribution in [0.15, 0.2) is 29.8 Å². The topological polar surface area (TPSA) is 108 Å². The summed E-state index contributed by atoms with van der Waals surface area (Å²) in [4.78, 5) is 20.9. The molecule has 1 heterocycles. The fourth-order valence-corrected chi connectivity index (χ4v) is 2.42. The van der Waals surface area contributed by atoms with Gasteiger partial charge in [-0.25, -0.2) is 0 Å². The van der Waals surface area contributed by atoms with Crippen molar-refractivity contribution < 1.29 is 14.6 Å². The van der Waals surface area contributed by atoms with Crippen molar-refractivity contribution in [2.45, 2.75) is 19.3 Å². The van der Waals surface area contributed by atoms with Gasteiger partial charge in [0, 0.05) is 24.0 Å². The van der Waals surface area contributed by atoms with E-state index in [1.54, 1.807) is 12.1 Å². The number of nitrogens with one attached hydrogen (secondary N) is 1. The lowest BCUT2D eigenvalue weighted by Crippen LogP contribution is -2.28. The summed E-state index contributed by atoms with van der Waals surface area (Å²) in [5.41, 5.74) is 1.36. The Hall–Kier alpha value is -2.64. The van der Waals surface area contributed by atoms with Crippen LogP contribution in [0.25, 0.3) is 0 Å². The molecule has 8 heteroatoms. The molecule has 0 amide bonds. The molecule has 112 valence electrons. The van der Waals surface area contributed by atoms with Crippen molar-refractivity contribution in [1.29, 1.82) is 0 Å². The second kappa shape index (κ2) is 5.78. The van der Waals surface area contributed by atoms with Crippen LogP contribution in [-0.4, -0.2) is 23.4 Å². The highest BCUT2D eigenvalue weighted by molar-refractivity contribution is 5.46. The van der Waals surface area contributed by atoms with E-state index in [0.29, 0.717) is 11.3 Å². The minimum Gasteiger partial charge on any atom is -0.435 e. The van der Waals surface area contributed by atoms with Crippen LogP contribution in [0.2, 0.25) is 0 Å². The van der Waals surface area contributed by atoms with Crippen molar-refractivity contribution in [2.24, 2.45) is 0 Å². The van der Waals surface area contributed by atoms with E-state index in [9.17, 15) is 20.2 Å². The van der Waals surface area contributed by atoms with E-state index in [4.69, 9.17) is 4.74 Å². The van der Waals surface area contributed by atoms with Crippen LogP contribution >= 0.6 is 0 Å². The molecule has 0 aromatic heterocycles. The predicted molar refractivity (Wildman–Crippen MR) is 74.1 cm³/mol. The molecule has 0 spiro atoms. The van der Waals surface area contributed by atoms with Crippen molar-refractivity contribution in [2.75, 3.05) is 13.6 Å². The van der Waals surface area contributed by atoms with Crippen LogP contribution in [0, 0.1) is 27.2 Å². The van der Waals surface area contributed by atoms with Crippen LogP contribution in [-0.2, 0) is 0 Å². The van der Waals surface area contributed by atoms with Crippen LogP contribution in [0.1, 0.15) is 23.5 Å². The summed E-state index contributed by atoms with van der Waals surface area (Å²) in [7, 11) is 1.52. The number of fused-ring (bicyclic) bond motifs is 1. The van der Waals surface area contributed by atoms with Gasteiger partial charge in [-0.05, 0) is 13.0 Å². The van der Waals surface area contributed by atoms with Gasteiger partial charge in [-0.1, -0.05) is 17.7 Å². The van der Waals surface area contributed by atoms with E-state index in [0.717, 1.165) is 5.56 Å². The number of hydrogen-bond donors (Lipinski definition) is 1. The summed E-state index contributed by atoms with van der Waals surface area (Å²) in [6.07, 6.45) is 0.0499. The average Bonchev–Trinajstić information content (AvgIpc) is 2.43. The maximum absolute atomic E-state index is 11.3. The van der Waals surface area contributed by atoms with E-state index < -0.39 is 15.8 Å². The van der Waals surface area contributed by atoms with Crippen molar-refractivity contribution in [1.82, 2.24) is 5.32 Å². The molecule has 0 aliphatic carbocycles. The molecule has 21 heavy (non-hydrogen) atoms. The third kappa shape index (κ3) is 2.93. The molecule has 1 unspecified atom stereocenters. The van der Waals surface area contributed by atoms with E-state index >= 15 is 0 Å². The SMILES string of the molecule is CNC1=C([N+](=O)[O-])C(CC[N+](=O)[O-])c2cc(C)ccc2O1. The predicted octanol–water partition coefficient (Wildman–Crippen LogP) is 1.80. The highest BCUT2D eigenvalue weighted by Crippen LogP contribution is 2.41. The largest absolute Gasteiger partial charge is 0.435 e. The lowest BCUT2D eigenvalue weighted by Gasteiger charge is -2.24. The number of nitro groups is 2. The number of rotatable bonds is 5. The molecule has 1 aromatic carbocycles. The minimum absolute atomic E-state index is 0.0321. The number of ether oxygens (including phenoxy) is 1. The quantitative estimate of drug-likeness (QED) is 0.655. The Balaban J connectivity index is 2.51. The number of hydrogen-bond acceptors (Lipinski definition) is 6. The van der Waals surface area contributed by atoms with E-state index in [-0.39, 0.29) is 24.5 Å². The van der Waals surface area contributed by atoms with E-state index in [1.165, 1.54) is 7.05 Å². The van der Waals surface area contributed by atoms with Gasteiger partial charge in [-0.3, -0.25) is 20.2 Å². The van der Waals surface area contributed by atoms with Crippen LogP contribution in [0.5, 0.6) is 5.75 Å². The first-order chi connectivity index (χ1) is 9.93. The fraction of sp³-hybridized carbons (Fsp3) is 0.385. The monoisotopic (exact) mass is 293 g/mol. The number of benzene rings is 1. The standard InChI is InChI=1S/C13H15N3O5/c1-8-3-4-11-10(7-8)9(5-6-15(17)18)12(16(19)20)13(14-2)21-11/h3-4,7,9,14H,5-6H2,1-2H3. The van der Waals surface area contributed by atoms with Crippen LogP contribution < -0.4 is 10.1 Å². The summed E-state index contributed by atoms with van der Waals surface area (Å²) in [6, 6.07) is 5.32. The van der Waals surface area contributed by atoms with Gasteiger partial charge < -0.3 is 10.1 Å². The molecule has 0 bridgehead atoms. The Kier molecular flexibility index (Phi) is 4.06. The van der Waals surface area contributed by atoms with E-state index in [2.05, 4.69) is 5.32 Å². The Morgan fingerprint density at radius 3 is 2.62 bits per heavy atom. The first kappa shape index (κ1) is 14.8. The number of nitrogens with zero attached hydrogens (tertiary/aromatic N) is 2. The molecule has 8 nitrogen and oxygen atoms in total. The van der Waals surface area contributed by atoms with Crippen molar-refractivity contribution in [3.8, 4) is 5.75 Å². The molecule has 2 rings (SSSR count). The summed E-state index contributed by atoms with van der Waals surface area (Å²) < 4.78 is 5.50. The maximum atomic E-state index is 11.3. The Bertz CT molecular complexity index is 626. The molecular weight excluding hydrogens is 278 g/mol. The van der Waals surface area contributed by atoms with Gasteiger partial charge in [0.15, 0.2) is 0 Å². The number of allylic oxidation sites excluding steroid dienone is 1. The molecule has 1 aliphatic rings. The molecule has 0 saturated heterocycles. The van der Waals surface area contributed by atoms with Gasteiger partial charge in [0.2, 0.25) is 6.54 Å². The fourth-order valence-electron chi connectivity index (χ4n) is 2.42. The molecule has 0 radical (unpaired) electrons. The number of aryl methyl sites for hydroxylation is 1. The zero-order chi connectivity index (χ0) is 15.6. The van der Waals surface area contributed by atoms with Crippen molar-refractivity contribution >= 4 is 0 Å². The lowest BCUT2D eigenvalue weighted by molar-refractivity contribution is -0.483. The zero-order valence-corrected chi connectivity index (χ0v) is 11.7. The van der Waals surface area contributed by atoms with Gasteiger partial charge in [0.05, 0.1) is 10.8 Å². The second-order valence-corrected chi connectivity index (χ2v) is 4.76. The molecule has 0 fully saturated rings. The maximum Gasteiger partial charge on any atom is 0.313 e. The summed E-state index contributed by atoms with van der Waals surface area (Å²) in [6.45, 7) is 1.51. The van der Waals surface area contributed by atoms with Crippen molar-refractivity contribution in [3.05, 3.63) is 61.1 Å². The van der Waals surface area contributed by atoms with E-state index in [1.807, 2.05) is 13.0 Å². The highest BCUT2D eigenvalue weighted by atomic mass is 16.6. The van der Waals surface area contributed by atoms with Crippen LogP contribution in [0.4, 0.5) is 0 Å². The summed E-state index contributed by atoms with van der Waals surface area (Å²) in [5, 5.41) is 24.6. The van der Waals surface area contributed by atoms with Crippen molar-refractivity contribution in [3.63, 3.8) is 0 Å². The molecule has 1 aliphatic heterocycles. The smallest absolute Gasteiger partial charge is 0.313 e. The van der Waals surface area contributed by atoms with Gasteiger partial charge in [-0.2, -0.15) is 0 Å². The first-order valence-electron chi connectivity index (χ1n) is 6.40. The Labute approximate surface area is 120 Å². The third-order valence-electron chi connectivity index (χ3n) is 3.34.